The summed E-state index contributed by atoms with van der Waals surface area (Å²) in [6.45, 7) is 1.30. The Morgan fingerprint density at radius 2 is 2.19 bits per heavy atom. The molecule has 0 amide bonds. The molecule has 1 aliphatic heterocycles. The van der Waals surface area contributed by atoms with E-state index in [1.807, 2.05) is 30.3 Å². The Morgan fingerprint density at radius 3 is 3.00 bits per heavy atom. The van der Waals surface area contributed by atoms with E-state index in [-0.39, 0.29) is 6.04 Å². The molecule has 0 fully saturated rings. The van der Waals surface area contributed by atoms with E-state index in [4.69, 9.17) is 15.2 Å². The highest BCUT2D eigenvalue weighted by Gasteiger charge is 2.16. The molecule has 1 aliphatic rings. The first-order chi connectivity index (χ1) is 10.3. The van der Waals surface area contributed by atoms with Crippen LogP contribution in [0.3, 0.4) is 0 Å². The molecule has 3 rings (SSSR count). The summed E-state index contributed by atoms with van der Waals surface area (Å²) < 4.78 is 10.8. The van der Waals surface area contributed by atoms with Crippen molar-refractivity contribution in [1.82, 2.24) is 0 Å². The molecule has 1 unspecified atom stereocenters. The molecular formula is C17H20N2O2. The predicted octanol–water partition coefficient (Wildman–Crippen LogP) is 2.74. The van der Waals surface area contributed by atoms with Gasteiger partial charge in [-0.15, -0.1) is 0 Å². The van der Waals surface area contributed by atoms with Crippen LogP contribution in [0.2, 0.25) is 0 Å². The number of hydrogen-bond acceptors (Lipinski definition) is 4. The molecule has 0 radical (unpaired) electrons. The van der Waals surface area contributed by atoms with Gasteiger partial charge in [0.2, 0.25) is 0 Å². The minimum Gasteiger partial charge on any atom is -0.497 e. The number of fused-ring (bicyclic) bond motifs is 1. The molecule has 0 saturated carbocycles. The summed E-state index contributed by atoms with van der Waals surface area (Å²) >= 11 is 0. The summed E-state index contributed by atoms with van der Waals surface area (Å²) in [6, 6.07) is 14.2. The van der Waals surface area contributed by atoms with Crippen molar-refractivity contribution in [3.05, 3.63) is 53.6 Å². The molecule has 0 saturated heterocycles. The van der Waals surface area contributed by atoms with Gasteiger partial charge in [0, 0.05) is 24.7 Å². The van der Waals surface area contributed by atoms with E-state index < -0.39 is 0 Å². The van der Waals surface area contributed by atoms with Crippen molar-refractivity contribution in [3.8, 4) is 11.5 Å². The molecule has 1 atom stereocenters. The Bertz CT molecular complexity index is 628. The van der Waals surface area contributed by atoms with Crippen molar-refractivity contribution < 1.29 is 9.47 Å². The number of nitrogens with one attached hydrogen (secondary N) is 1. The van der Waals surface area contributed by atoms with Crippen LogP contribution in [0.1, 0.15) is 17.2 Å². The number of hydrogen-bond donors (Lipinski definition) is 2. The maximum atomic E-state index is 5.94. The summed E-state index contributed by atoms with van der Waals surface area (Å²) in [5.41, 5.74) is 9.39. The van der Waals surface area contributed by atoms with E-state index in [2.05, 4.69) is 17.4 Å². The summed E-state index contributed by atoms with van der Waals surface area (Å²) in [4.78, 5) is 0. The van der Waals surface area contributed by atoms with Crippen molar-refractivity contribution >= 4 is 5.69 Å². The molecular weight excluding hydrogens is 264 g/mol. The third-order valence-corrected chi connectivity index (χ3v) is 3.76. The van der Waals surface area contributed by atoms with Crippen LogP contribution in [0.5, 0.6) is 11.5 Å². The molecule has 0 aliphatic carbocycles. The summed E-state index contributed by atoms with van der Waals surface area (Å²) in [5, 5.41) is 3.47. The van der Waals surface area contributed by atoms with Gasteiger partial charge in [0.15, 0.2) is 0 Å². The molecule has 0 bridgehead atoms. The second kappa shape index (κ2) is 6.06. The second-order valence-corrected chi connectivity index (χ2v) is 5.13. The molecule has 1 heterocycles. The Morgan fingerprint density at radius 1 is 1.29 bits per heavy atom. The van der Waals surface area contributed by atoms with Crippen LogP contribution >= 0.6 is 0 Å². The third kappa shape index (κ3) is 2.95. The zero-order valence-electron chi connectivity index (χ0n) is 12.1. The van der Waals surface area contributed by atoms with Gasteiger partial charge in [-0.25, -0.2) is 0 Å². The lowest BCUT2D eigenvalue weighted by atomic mass is 10.0. The maximum Gasteiger partial charge on any atom is 0.122 e. The van der Waals surface area contributed by atoms with Gasteiger partial charge in [0.05, 0.1) is 19.8 Å². The Hall–Kier alpha value is -2.20. The normalized spacial score (nSPS) is 14.2. The van der Waals surface area contributed by atoms with Gasteiger partial charge in [-0.2, -0.15) is 0 Å². The molecule has 2 aromatic carbocycles. The summed E-state index contributed by atoms with van der Waals surface area (Å²) in [7, 11) is 1.67. The van der Waals surface area contributed by atoms with Crippen LogP contribution < -0.4 is 20.5 Å². The van der Waals surface area contributed by atoms with Gasteiger partial charge >= 0.3 is 0 Å². The highest BCUT2D eigenvalue weighted by atomic mass is 16.5. The van der Waals surface area contributed by atoms with Crippen LogP contribution in [0.4, 0.5) is 5.69 Å². The first-order valence-electron chi connectivity index (χ1n) is 7.16. The highest BCUT2D eigenvalue weighted by molar-refractivity contribution is 5.51. The van der Waals surface area contributed by atoms with Gasteiger partial charge in [-0.1, -0.05) is 12.1 Å². The van der Waals surface area contributed by atoms with E-state index in [0.29, 0.717) is 6.54 Å². The van der Waals surface area contributed by atoms with Crippen molar-refractivity contribution in [2.24, 2.45) is 5.73 Å². The number of benzene rings is 2. The van der Waals surface area contributed by atoms with E-state index in [9.17, 15) is 0 Å². The Balaban J connectivity index is 1.81. The maximum absolute atomic E-state index is 5.94. The SMILES string of the molecule is COc1cccc(NC(CN)c2ccc3c(c2)CCO3)c1. The summed E-state index contributed by atoms with van der Waals surface area (Å²) in [5.74, 6) is 1.83. The fourth-order valence-corrected chi connectivity index (χ4v) is 2.62. The van der Waals surface area contributed by atoms with E-state index in [1.165, 1.54) is 11.1 Å². The van der Waals surface area contributed by atoms with Crippen molar-refractivity contribution in [3.63, 3.8) is 0 Å². The van der Waals surface area contributed by atoms with Crippen molar-refractivity contribution in [1.29, 1.82) is 0 Å². The number of anilines is 1. The number of methoxy groups -OCH3 is 1. The Kier molecular flexibility index (Phi) is 3.97. The second-order valence-electron chi connectivity index (χ2n) is 5.13. The first-order valence-corrected chi connectivity index (χ1v) is 7.16. The van der Waals surface area contributed by atoms with Crippen LogP contribution in [-0.2, 0) is 6.42 Å². The quantitative estimate of drug-likeness (QED) is 0.886. The first kappa shape index (κ1) is 13.8. The van der Waals surface area contributed by atoms with Crippen LogP contribution in [0.25, 0.3) is 0 Å². The molecule has 3 N–H and O–H groups in total. The number of rotatable bonds is 5. The monoisotopic (exact) mass is 284 g/mol. The molecule has 21 heavy (non-hydrogen) atoms. The minimum atomic E-state index is 0.0722. The Labute approximate surface area is 124 Å². The lowest BCUT2D eigenvalue weighted by molar-refractivity contribution is 0.357. The minimum absolute atomic E-state index is 0.0722. The molecule has 2 aromatic rings. The lowest BCUT2D eigenvalue weighted by Gasteiger charge is -2.19. The fraction of sp³-hybridized carbons (Fsp3) is 0.294. The smallest absolute Gasteiger partial charge is 0.122 e. The van der Waals surface area contributed by atoms with Gasteiger partial charge in [0.25, 0.3) is 0 Å². The van der Waals surface area contributed by atoms with E-state index >= 15 is 0 Å². The lowest BCUT2D eigenvalue weighted by Crippen LogP contribution is -2.20. The molecule has 110 valence electrons. The third-order valence-electron chi connectivity index (χ3n) is 3.76. The zero-order valence-corrected chi connectivity index (χ0v) is 12.1. The zero-order chi connectivity index (χ0) is 14.7. The largest absolute Gasteiger partial charge is 0.497 e. The highest BCUT2D eigenvalue weighted by Crippen LogP contribution is 2.29. The number of nitrogens with two attached hydrogens (primary N) is 1. The van der Waals surface area contributed by atoms with E-state index in [1.54, 1.807) is 7.11 Å². The van der Waals surface area contributed by atoms with Crippen LogP contribution in [-0.4, -0.2) is 20.3 Å². The molecule has 0 spiro atoms. The van der Waals surface area contributed by atoms with Gasteiger partial charge < -0.3 is 20.5 Å². The standard InChI is InChI=1S/C17H20N2O2/c1-20-15-4-2-3-14(10-15)19-16(11-18)12-5-6-17-13(9-12)7-8-21-17/h2-6,9-10,16,19H,7-8,11,18H2,1H3. The average molecular weight is 284 g/mol. The van der Waals surface area contributed by atoms with Crippen LogP contribution in [0, 0.1) is 0 Å². The topological polar surface area (TPSA) is 56.5 Å². The van der Waals surface area contributed by atoms with E-state index in [0.717, 1.165) is 30.2 Å². The number of ether oxygens (including phenoxy) is 2. The fourth-order valence-electron chi connectivity index (χ4n) is 2.62. The summed E-state index contributed by atoms with van der Waals surface area (Å²) in [6.07, 6.45) is 0.972. The molecule has 0 aromatic heterocycles. The van der Waals surface area contributed by atoms with Crippen LogP contribution in [0.15, 0.2) is 42.5 Å². The van der Waals surface area contributed by atoms with Gasteiger partial charge in [0.1, 0.15) is 11.5 Å². The van der Waals surface area contributed by atoms with Crippen molar-refractivity contribution in [2.45, 2.75) is 12.5 Å². The average Bonchev–Trinajstić information content (AvgIpc) is 3.00. The molecule has 4 nitrogen and oxygen atoms in total. The molecule has 4 heteroatoms. The van der Waals surface area contributed by atoms with Gasteiger partial charge in [-0.05, 0) is 35.4 Å². The predicted molar refractivity (Wildman–Crippen MR) is 84.1 cm³/mol. The van der Waals surface area contributed by atoms with Crippen molar-refractivity contribution in [2.75, 3.05) is 25.6 Å². The van der Waals surface area contributed by atoms with Gasteiger partial charge in [-0.3, -0.25) is 0 Å².